The van der Waals surface area contributed by atoms with Crippen LogP contribution in [0.2, 0.25) is 0 Å². The molecule has 0 N–H and O–H groups in total. The maximum atomic E-state index is 5.63. The highest BCUT2D eigenvalue weighted by molar-refractivity contribution is 7.98. The van der Waals surface area contributed by atoms with Crippen LogP contribution in [0.4, 0.5) is 0 Å². The smallest absolute Gasteiger partial charge is 0.277 e. The lowest BCUT2D eigenvalue weighted by molar-refractivity contribution is 0.426. The largest absolute Gasteiger partial charge is 0.410 e. The van der Waals surface area contributed by atoms with Crippen molar-refractivity contribution in [2.75, 3.05) is 0 Å². The predicted molar refractivity (Wildman–Crippen MR) is 89.1 cm³/mol. The number of nitrogens with zero attached hydrogens (tertiary/aromatic N) is 3. The van der Waals surface area contributed by atoms with Gasteiger partial charge in [0.1, 0.15) is 0 Å². The van der Waals surface area contributed by atoms with E-state index in [1.54, 1.807) is 11.3 Å². The molecule has 114 valence electrons. The molecular weight excluding hydrogens is 330 g/mol. The van der Waals surface area contributed by atoms with Gasteiger partial charge in [0.25, 0.3) is 11.1 Å². The normalized spacial score (nSPS) is 11.0. The monoisotopic (exact) mass is 341 g/mol. The van der Waals surface area contributed by atoms with E-state index >= 15 is 0 Å². The summed E-state index contributed by atoms with van der Waals surface area (Å²) in [7, 11) is 0. The number of thiophene rings is 1. The van der Waals surface area contributed by atoms with E-state index < -0.39 is 0 Å². The van der Waals surface area contributed by atoms with Crippen LogP contribution in [0.25, 0.3) is 22.1 Å². The van der Waals surface area contributed by atoms with Crippen LogP contribution >= 0.6 is 23.1 Å². The first-order valence-corrected chi connectivity index (χ1v) is 8.76. The number of aromatic nitrogens is 3. The number of rotatable bonds is 5. The van der Waals surface area contributed by atoms with Crippen molar-refractivity contribution >= 4 is 23.1 Å². The summed E-state index contributed by atoms with van der Waals surface area (Å²) in [4.78, 5) is 0.970. The van der Waals surface area contributed by atoms with Gasteiger partial charge in [0.05, 0.1) is 10.6 Å². The van der Waals surface area contributed by atoms with E-state index in [-0.39, 0.29) is 0 Å². The molecule has 0 saturated heterocycles. The van der Waals surface area contributed by atoms with Crippen molar-refractivity contribution in [2.45, 2.75) is 11.0 Å². The Kier molecular flexibility index (Phi) is 3.95. The fourth-order valence-electron chi connectivity index (χ4n) is 2.02. The molecule has 0 aliphatic rings. The van der Waals surface area contributed by atoms with E-state index in [9.17, 15) is 0 Å². The third-order valence-corrected chi connectivity index (χ3v) is 4.81. The van der Waals surface area contributed by atoms with Gasteiger partial charge in [-0.1, -0.05) is 53.3 Å². The number of benzene rings is 1. The minimum Gasteiger partial charge on any atom is -0.410 e. The summed E-state index contributed by atoms with van der Waals surface area (Å²) in [5.74, 6) is 1.92. The first-order valence-electron chi connectivity index (χ1n) is 6.90. The summed E-state index contributed by atoms with van der Waals surface area (Å²) in [6.07, 6.45) is 0. The summed E-state index contributed by atoms with van der Waals surface area (Å²) in [5, 5.41) is 14.7. The van der Waals surface area contributed by atoms with Crippen LogP contribution in [0.1, 0.15) is 5.69 Å². The van der Waals surface area contributed by atoms with E-state index in [2.05, 4.69) is 15.4 Å². The second kappa shape index (κ2) is 6.39. The van der Waals surface area contributed by atoms with Crippen LogP contribution in [-0.2, 0) is 5.75 Å². The average Bonchev–Trinajstić information content (AvgIpc) is 3.33. The van der Waals surface area contributed by atoms with Gasteiger partial charge < -0.3 is 8.94 Å². The van der Waals surface area contributed by atoms with Gasteiger partial charge in [-0.2, -0.15) is 0 Å². The Morgan fingerprint density at radius 2 is 1.96 bits per heavy atom. The Labute approximate surface area is 140 Å². The van der Waals surface area contributed by atoms with Crippen LogP contribution < -0.4 is 0 Å². The van der Waals surface area contributed by atoms with Crippen molar-refractivity contribution in [2.24, 2.45) is 0 Å². The zero-order valence-electron chi connectivity index (χ0n) is 11.9. The van der Waals surface area contributed by atoms with Crippen molar-refractivity contribution < 1.29 is 8.94 Å². The summed E-state index contributed by atoms with van der Waals surface area (Å²) in [5.41, 5.74) is 1.85. The van der Waals surface area contributed by atoms with Gasteiger partial charge in [0.15, 0.2) is 5.76 Å². The highest BCUT2D eigenvalue weighted by Crippen LogP contribution is 2.29. The van der Waals surface area contributed by atoms with Gasteiger partial charge in [0.2, 0.25) is 0 Å². The minimum atomic E-state index is 0.526. The molecular formula is C16H11N3O2S2. The Hall–Kier alpha value is -2.38. The Bertz CT molecular complexity index is 885. The quantitative estimate of drug-likeness (QED) is 0.488. The summed E-state index contributed by atoms with van der Waals surface area (Å²) >= 11 is 3.01. The standard InChI is InChI=1S/C16H11N3O2S2/c1-2-5-11(6-3-1)13-9-12(19-21-13)10-23-16-18-17-15(20-16)14-7-4-8-22-14/h1-9H,10H2. The van der Waals surface area contributed by atoms with E-state index in [1.807, 2.05) is 53.9 Å². The maximum Gasteiger partial charge on any atom is 0.277 e. The highest BCUT2D eigenvalue weighted by atomic mass is 32.2. The summed E-state index contributed by atoms with van der Waals surface area (Å²) in [6, 6.07) is 15.7. The third kappa shape index (κ3) is 3.20. The van der Waals surface area contributed by atoms with Gasteiger partial charge in [-0.3, -0.25) is 0 Å². The molecule has 3 heterocycles. The molecule has 0 saturated carbocycles. The van der Waals surface area contributed by atoms with Crippen LogP contribution in [0.15, 0.2) is 68.1 Å². The molecule has 0 radical (unpaired) electrons. The minimum absolute atomic E-state index is 0.526. The molecule has 4 aromatic rings. The molecule has 0 aliphatic carbocycles. The zero-order valence-corrected chi connectivity index (χ0v) is 13.5. The van der Waals surface area contributed by atoms with Crippen molar-refractivity contribution in [3.05, 3.63) is 59.6 Å². The fourth-order valence-corrected chi connectivity index (χ4v) is 3.31. The Morgan fingerprint density at radius 1 is 1.04 bits per heavy atom. The second-order valence-corrected chi connectivity index (χ2v) is 6.56. The Morgan fingerprint density at radius 3 is 2.78 bits per heavy atom. The van der Waals surface area contributed by atoms with Crippen molar-refractivity contribution in [3.8, 4) is 22.1 Å². The van der Waals surface area contributed by atoms with Gasteiger partial charge in [-0.15, -0.1) is 21.5 Å². The SMILES string of the molecule is c1ccc(-c2cc(CSc3nnc(-c4cccs4)o3)no2)cc1. The number of hydrogen-bond acceptors (Lipinski definition) is 7. The lowest BCUT2D eigenvalue weighted by Gasteiger charge is -1.92. The topological polar surface area (TPSA) is 65.0 Å². The molecule has 5 nitrogen and oxygen atoms in total. The number of hydrogen-bond donors (Lipinski definition) is 0. The molecule has 0 atom stereocenters. The summed E-state index contributed by atoms with van der Waals surface area (Å²) < 4.78 is 11.0. The van der Waals surface area contributed by atoms with Crippen molar-refractivity contribution in [1.82, 2.24) is 15.4 Å². The van der Waals surface area contributed by atoms with Crippen LogP contribution in [0, 0.1) is 0 Å². The van der Waals surface area contributed by atoms with Crippen molar-refractivity contribution in [3.63, 3.8) is 0 Å². The fraction of sp³-hybridized carbons (Fsp3) is 0.0625. The lowest BCUT2D eigenvalue weighted by Crippen LogP contribution is -1.79. The molecule has 0 unspecified atom stereocenters. The third-order valence-electron chi connectivity index (χ3n) is 3.10. The van der Waals surface area contributed by atoms with E-state index in [0.29, 0.717) is 16.9 Å². The molecule has 0 spiro atoms. The lowest BCUT2D eigenvalue weighted by atomic mass is 10.2. The maximum absolute atomic E-state index is 5.63. The van der Waals surface area contributed by atoms with E-state index in [4.69, 9.17) is 8.94 Å². The van der Waals surface area contributed by atoms with Crippen LogP contribution in [0.5, 0.6) is 0 Å². The molecule has 3 aromatic heterocycles. The van der Waals surface area contributed by atoms with Gasteiger partial charge in [0, 0.05) is 17.4 Å². The molecule has 23 heavy (non-hydrogen) atoms. The van der Waals surface area contributed by atoms with Gasteiger partial charge >= 0.3 is 0 Å². The second-order valence-electron chi connectivity index (χ2n) is 4.69. The predicted octanol–water partition coefficient (Wildman–Crippen LogP) is 4.75. The number of thioether (sulfide) groups is 1. The first kappa shape index (κ1) is 14.2. The Balaban J connectivity index is 1.43. The zero-order chi connectivity index (χ0) is 15.5. The van der Waals surface area contributed by atoms with Crippen LogP contribution in [-0.4, -0.2) is 15.4 Å². The molecule has 0 aliphatic heterocycles. The molecule has 1 aromatic carbocycles. The first-order chi connectivity index (χ1) is 11.4. The molecule has 0 amide bonds. The van der Waals surface area contributed by atoms with Gasteiger partial charge in [-0.05, 0) is 11.4 Å². The molecule has 4 rings (SSSR count). The van der Waals surface area contributed by atoms with Crippen molar-refractivity contribution in [1.29, 1.82) is 0 Å². The summed E-state index contributed by atoms with van der Waals surface area (Å²) in [6.45, 7) is 0. The molecule has 0 fully saturated rings. The molecule has 7 heteroatoms. The molecule has 0 bridgehead atoms. The van der Waals surface area contributed by atoms with E-state index in [0.717, 1.165) is 21.9 Å². The average molecular weight is 341 g/mol. The van der Waals surface area contributed by atoms with Crippen LogP contribution in [0.3, 0.4) is 0 Å². The van der Waals surface area contributed by atoms with Gasteiger partial charge in [-0.25, -0.2) is 0 Å². The van der Waals surface area contributed by atoms with E-state index in [1.165, 1.54) is 11.8 Å². The highest BCUT2D eigenvalue weighted by Gasteiger charge is 2.12.